The van der Waals surface area contributed by atoms with Gasteiger partial charge in [-0.15, -0.1) is 12.8 Å². The van der Waals surface area contributed by atoms with E-state index in [9.17, 15) is 4.79 Å². The predicted octanol–water partition coefficient (Wildman–Crippen LogP) is 4.95. The highest BCUT2D eigenvalue weighted by Crippen LogP contribution is 2.39. The van der Waals surface area contributed by atoms with Gasteiger partial charge < -0.3 is 19.3 Å². The molecule has 206 valence electrons. The largest absolute Gasteiger partial charge is 0.454 e. The third-order valence-electron chi connectivity index (χ3n) is 7.62. The first-order valence-electron chi connectivity index (χ1n) is 13.9. The van der Waals surface area contributed by atoms with Gasteiger partial charge in [-0.1, -0.05) is 43.7 Å². The summed E-state index contributed by atoms with van der Waals surface area (Å²) in [6.07, 6.45) is 13.2. The lowest BCUT2D eigenvalue weighted by Gasteiger charge is -2.29. The smallest absolute Gasteiger partial charge is 0.236 e. The van der Waals surface area contributed by atoms with E-state index in [0.717, 1.165) is 69.8 Å². The van der Waals surface area contributed by atoms with Crippen molar-refractivity contribution in [1.82, 2.24) is 14.7 Å². The van der Waals surface area contributed by atoms with Crippen molar-refractivity contribution in [3.63, 3.8) is 0 Å². The Morgan fingerprint density at radius 3 is 2.50 bits per heavy atom. The maximum absolute atomic E-state index is 13.6. The fourth-order valence-electron chi connectivity index (χ4n) is 5.45. The highest BCUT2D eigenvalue weighted by molar-refractivity contribution is 5.78. The Bertz CT molecular complexity index is 1050. The summed E-state index contributed by atoms with van der Waals surface area (Å²) in [7, 11) is 4.18. The molecule has 0 aliphatic carbocycles. The highest BCUT2D eigenvalue weighted by atomic mass is 16.7. The monoisotopic (exact) mass is 519 g/mol. The molecule has 0 spiro atoms. The number of rotatable bonds is 12. The van der Waals surface area contributed by atoms with Crippen molar-refractivity contribution in [1.29, 1.82) is 0 Å². The molecule has 4 rings (SSSR count). The second-order valence-corrected chi connectivity index (χ2v) is 10.7. The number of terminal acetylenes is 1. The minimum absolute atomic E-state index is 0.267. The van der Waals surface area contributed by atoms with E-state index in [1.165, 1.54) is 16.7 Å². The molecular formula is C32H45N3O3. The van der Waals surface area contributed by atoms with Gasteiger partial charge in [-0.2, -0.15) is 0 Å². The van der Waals surface area contributed by atoms with E-state index in [1.807, 2.05) is 6.07 Å². The Hall–Kier alpha value is -3.01. The quantitative estimate of drug-likeness (QED) is 0.371. The normalized spacial score (nSPS) is 18.3. The summed E-state index contributed by atoms with van der Waals surface area (Å²) in [4.78, 5) is 20.3. The van der Waals surface area contributed by atoms with Crippen LogP contribution in [0.15, 0.2) is 42.5 Å². The van der Waals surface area contributed by atoms with Gasteiger partial charge in [-0.05, 0) is 88.0 Å². The summed E-state index contributed by atoms with van der Waals surface area (Å²) in [6.45, 7) is 8.74. The first-order chi connectivity index (χ1) is 18.4. The van der Waals surface area contributed by atoms with E-state index < -0.39 is 0 Å². The van der Waals surface area contributed by atoms with Gasteiger partial charge in [0, 0.05) is 25.7 Å². The summed E-state index contributed by atoms with van der Waals surface area (Å²) in [5.74, 6) is 2.30. The SMILES string of the molecule is C#C.CCCCN(CCCN(C)C)C(=O)CN1CC(c2ccc3c(c2)OCO3)CC1Cc1ccccc1C. The summed E-state index contributed by atoms with van der Waals surface area (Å²) in [5.41, 5.74) is 3.97. The van der Waals surface area contributed by atoms with Crippen LogP contribution in [0.1, 0.15) is 55.2 Å². The van der Waals surface area contributed by atoms with Crippen molar-refractivity contribution in [2.75, 3.05) is 53.6 Å². The molecule has 2 unspecified atom stereocenters. The molecule has 2 atom stereocenters. The molecule has 2 heterocycles. The molecule has 1 saturated heterocycles. The predicted molar refractivity (Wildman–Crippen MR) is 155 cm³/mol. The second kappa shape index (κ2) is 14.8. The van der Waals surface area contributed by atoms with Gasteiger partial charge in [0.15, 0.2) is 11.5 Å². The van der Waals surface area contributed by atoms with Crippen LogP contribution in [0.25, 0.3) is 0 Å². The minimum atomic E-state index is 0.267. The minimum Gasteiger partial charge on any atom is -0.454 e. The molecule has 6 nitrogen and oxygen atoms in total. The van der Waals surface area contributed by atoms with Gasteiger partial charge >= 0.3 is 0 Å². The Labute approximate surface area is 229 Å². The molecule has 2 aliphatic heterocycles. The summed E-state index contributed by atoms with van der Waals surface area (Å²) in [6, 6.07) is 15.3. The number of amides is 1. The van der Waals surface area contributed by atoms with Crippen LogP contribution >= 0.6 is 0 Å². The average molecular weight is 520 g/mol. The molecule has 2 aromatic carbocycles. The van der Waals surface area contributed by atoms with E-state index in [0.29, 0.717) is 25.3 Å². The van der Waals surface area contributed by atoms with Crippen molar-refractivity contribution in [2.45, 2.75) is 57.9 Å². The number of unbranched alkanes of at least 4 members (excludes halogenated alkanes) is 1. The van der Waals surface area contributed by atoms with Crippen LogP contribution in [0, 0.1) is 19.8 Å². The van der Waals surface area contributed by atoms with Crippen molar-refractivity contribution >= 4 is 5.91 Å². The number of hydrogen-bond acceptors (Lipinski definition) is 5. The van der Waals surface area contributed by atoms with Crippen molar-refractivity contribution in [2.24, 2.45) is 0 Å². The lowest BCUT2D eigenvalue weighted by Crippen LogP contribution is -2.44. The van der Waals surface area contributed by atoms with E-state index in [2.05, 4.69) is 91.9 Å². The van der Waals surface area contributed by atoms with E-state index in [1.54, 1.807) is 0 Å². The van der Waals surface area contributed by atoms with Crippen molar-refractivity contribution in [3.05, 3.63) is 59.2 Å². The van der Waals surface area contributed by atoms with Gasteiger partial charge in [-0.3, -0.25) is 9.69 Å². The molecule has 0 bridgehead atoms. The van der Waals surface area contributed by atoms with Crippen molar-refractivity contribution in [3.8, 4) is 24.3 Å². The van der Waals surface area contributed by atoms with Gasteiger partial charge in [0.2, 0.25) is 12.7 Å². The van der Waals surface area contributed by atoms with E-state index in [-0.39, 0.29) is 5.91 Å². The second-order valence-electron chi connectivity index (χ2n) is 10.7. The molecule has 38 heavy (non-hydrogen) atoms. The Kier molecular flexibility index (Phi) is 11.5. The van der Waals surface area contributed by atoms with E-state index >= 15 is 0 Å². The standard InChI is InChI=1S/C30H43N3O3.C2H2/c1-5-6-15-32(16-9-14-31(3)4)30(34)21-33-20-26(25-12-13-28-29(19-25)36-22-35-28)18-27(33)17-24-11-8-7-10-23(24)2;1-2/h7-8,10-13,19,26-27H,5-6,9,14-18,20-22H2,1-4H3;1-2H. The first kappa shape index (κ1) is 29.5. The molecule has 0 aromatic heterocycles. The summed E-state index contributed by atoms with van der Waals surface area (Å²) in [5, 5.41) is 0. The maximum Gasteiger partial charge on any atom is 0.236 e. The summed E-state index contributed by atoms with van der Waals surface area (Å²) < 4.78 is 11.2. The van der Waals surface area contributed by atoms with Crippen LogP contribution in [0.2, 0.25) is 0 Å². The molecule has 2 aromatic rings. The third-order valence-corrected chi connectivity index (χ3v) is 7.62. The number of likely N-dealkylation sites (tertiary alicyclic amines) is 1. The number of ether oxygens (including phenoxy) is 2. The first-order valence-corrected chi connectivity index (χ1v) is 13.9. The fourth-order valence-corrected chi connectivity index (χ4v) is 5.45. The van der Waals surface area contributed by atoms with Gasteiger partial charge in [0.25, 0.3) is 0 Å². The maximum atomic E-state index is 13.6. The third kappa shape index (κ3) is 7.99. The van der Waals surface area contributed by atoms with E-state index in [4.69, 9.17) is 9.47 Å². The highest BCUT2D eigenvalue weighted by Gasteiger charge is 2.35. The molecule has 0 radical (unpaired) electrons. The number of benzene rings is 2. The zero-order valence-corrected chi connectivity index (χ0v) is 23.7. The number of fused-ring (bicyclic) bond motifs is 1. The molecular weight excluding hydrogens is 474 g/mol. The van der Waals surface area contributed by atoms with Crippen LogP contribution in [-0.2, 0) is 11.2 Å². The van der Waals surface area contributed by atoms with Gasteiger partial charge in [-0.25, -0.2) is 0 Å². The lowest BCUT2D eigenvalue weighted by molar-refractivity contribution is -0.132. The molecule has 1 amide bonds. The Morgan fingerprint density at radius 1 is 1.03 bits per heavy atom. The number of hydrogen-bond donors (Lipinski definition) is 0. The fraction of sp³-hybridized carbons (Fsp3) is 0.531. The number of carbonyl (C=O) groups is 1. The molecule has 1 fully saturated rings. The number of aryl methyl sites for hydroxylation is 1. The average Bonchev–Trinajstić information content (AvgIpc) is 3.55. The zero-order valence-electron chi connectivity index (χ0n) is 23.7. The molecule has 2 aliphatic rings. The molecule has 0 N–H and O–H groups in total. The topological polar surface area (TPSA) is 45.2 Å². The van der Waals surface area contributed by atoms with Crippen molar-refractivity contribution < 1.29 is 14.3 Å². The summed E-state index contributed by atoms with van der Waals surface area (Å²) >= 11 is 0. The van der Waals surface area contributed by atoms with Crippen LogP contribution in [0.4, 0.5) is 0 Å². The van der Waals surface area contributed by atoms with Crippen LogP contribution < -0.4 is 9.47 Å². The van der Waals surface area contributed by atoms with Gasteiger partial charge in [0.1, 0.15) is 0 Å². The number of nitrogens with zero attached hydrogens (tertiary/aromatic N) is 3. The number of carbonyl (C=O) groups excluding carboxylic acids is 1. The van der Waals surface area contributed by atoms with Crippen LogP contribution in [0.5, 0.6) is 11.5 Å². The Morgan fingerprint density at radius 2 is 1.76 bits per heavy atom. The lowest BCUT2D eigenvalue weighted by atomic mass is 9.93. The Balaban J connectivity index is 0.00000195. The molecule has 6 heteroatoms. The molecule has 0 saturated carbocycles. The van der Waals surface area contributed by atoms with Crippen LogP contribution in [-0.4, -0.2) is 80.3 Å². The van der Waals surface area contributed by atoms with Gasteiger partial charge in [0.05, 0.1) is 6.54 Å². The van der Waals surface area contributed by atoms with Crippen LogP contribution in [0.3, 0.4) is 0 Å². The zero-order chi connectivity index (χ0) is 27.5.